The smallest absolute Gasteiger partial charge is 0.245 e. The van der Waals surface area contributed by atoms with Crippen LogP contribution < -0.4 is 0 Å². The molecule has 2 heterocycles. The summed E-state index contributed by atoms with van der Waals surface area (Å²) in [5.41, 5.74) is 0. The van der Waals surface area contributed by atoms with Crippen molar-refractivity contribution in [3.63, 3.8) is 0 Å². The molecular weight excluding hydrogens is 298 g/mol. The maximum absolute atomic E-state index is 12.5. The second-order valence-electron chi connectivity index (χ2n) is 5.46. The van der Waals surface area contributed by atoms with Gasteiger partial charge in [-0.1, -0.05) is 37.6 Å². The third-order valence-corrected chi connectivity index (χ3v) is 4.78. The molecule has 120 valence electrons. The highest BCUT2D eigenvalue weighted by Gasteiger charge is 2.35. The molecule has 1 aromatic heterocycles. The van der Waals surface area contributed by atoms with Crippen LogP contribution in [0.25, 0.3) is 0 Å². The van der Waals surface area contributed by atoms with Crippen molar-refractivity contribution >= 4 is 23.6 Å². The van der Waals surface area contributed by atoms with Crippen molar-refractivity contribution < 1.29 is 9.59 Å². The van der Waals surface area contributed by atoms with Crippen molar-refractivity contribution in [1.29, 1.82) is 0 Å². The van der Waals surface area contributed by atoms with Crippen LogP contribution >= 0.6 is 11.8 Å². The summed E-state index contributed by atoms with van der Waals surface area (Å²) in [6.45, 7) is 3.33. The predicted octanol–water partition coefficient (Wildman–Crippen LogP) is 2.03. The zero-order chi connectivity index (χ0) is 15.9. The summed E-state index contributed by atoms with van der Waals surface area (Å²) >= 11 is 1.42. The number of likely N-dealkylation sites (N-methyl/N-ethyl adjacent to an activating group) is 1. The maximum Gasteiger partial charge on any atom is 0.245 e. The minimum atomic E-state index is -0.296. The standard InChI is InChI=1S/C16H23N3O2S/c1-3-4-7-13-16(21)18(2)10-11-19(13)15(20)12-22-14-8-5-6-9-17-14/h5-6,8-9,13H,3-4,7,10-12H2,1-2H3/t13-/m0/s1. The fourth-order valence-electron chi connectivity index (χ4n) is 2.54. The van der Waals surface area contributed by atoms with E-state index in [1.807, 2.05) is 25.2 Å². The van der Waals surface area contributed by atoms with Gasteiger partial charge in [-0.25, -0.2) is 4.98 Å². The Labute approximate surface area is 136 Å². The topological polar surface area (TPSA) is 53.5 Å². The quantitative estimate of drug-likeness (QED) is 0.752. The Morgan fingerprint density at radius 1 is 1.41 bits per heavy atom. The number of hydrogen-bond donors (Lipinski definition) is 0. The molecule has 2 amide bonds. The van der Waals surface area contributed by atoms with Crippen molar-refractivity contribution in [3.8, 4) is 0 Å². The molecule has 1 atom stereocenters. The van der Waals surface area contributed by atoms with Crippen LogP contribution in [-0.4, -0.2) is 58.5 Å². The summed E-state index contributed by atoms with van der Waals surface area (Å²) in [5.74, 6) is 0.422. The molecule has 0 radical (unpaired) electrons. The lowest BCUT2D eigenvalue weighted by atomic mass is 10.0. The molecule has 1 aliphatic heterocycles. The van der Waals surface area contributed by atoms with Crippen LogP contribution in [0.15, 0.2) is 29.4 Å². The van der Waals surface area contributed by atoms with E-state index in [1.54, 1.807) is 16.0 Å². The van der Waals surface area contributed by atoms with E-state index in [0.717, 1.165) is 24.3 Å². The highest BCUT2D eigenvalue weighted by molar-refractivity contribution is 7.99. The van der Waals surface area contributed by atoms with Gasteiger partial charge in [0, 0.05) is 26.3 Å². The Hall–Kier alpha value is -1.56. The number of pyridine rings is 1. The minimum Gasteiger partial charge on any atom is -0.342 e. The summed E-state index contributed by atoms with van der Waals surface area (Å²) in [7, 11) is 1.81. The van der Waals surface area contributed by atoms with Gasteiger partial charge in [-0.15, -0.1) is 0 Å². The number of thioether (sulfide) groups is 1. The predicted molar refractivity (Wildman–Crippen MR) is 87.6 cm³/mol. The molecule has 22 heavy (non-hydrogen) atoms. The molecule has 2 rings (SSSR count). The number of hydrogen-bond acceptors (Lipinski definition) is 4. The Balaban J connectivity index is 1.97. The van der Waals surface area contributed by atoms with Crippen LogP contribution in [-0.2, 0) is 9.59 Å². The highest BCUT2D eigenvalue weighted by Crippen LogP contribution is 2.20. The van der Waals surface area contributed by atoms with Crippen molar-refractivity contribution in [2.75, 3.05) is 25.9 Å². The number of carbonyl (C=O) groups is 2. The zero-order valence-corrected chi connectivity index (χ0v) is 14.0. The first-order chi connectivity index (χ1) is 10.6. The second-order valence-corrected chi connectivity index (χ2v) is 6.46. The second kappa shape index (κ2) is 8.17. The Morgan fingerprint density at radius 3 is 2.91 bits per heavy atom. The molecule has 1 aliphatic rings. The van der Waals surface area contributed by atoms with Gasteiger partial charge in [0.25, 0.3) is 0 Å². The van der Waals surface area contributed by atoms with Gasteiger partial charge in [0.2, 0.25) is 11.8 Å². The SMILES string of the molecule is CCCC[C@H]1C(=O)N(C)CCN1C(=O)CSc1ccccn1. The average molecular weight is 321 g/mol. The summed E-state index contributed by atoms with van der Waals surface area (Å²) in [6, 6.07) is 5.35. The fraction of sp³-hybridized carbons (Fsp3) is 0.562. The van der Waals surface area contributed by atoms with E-state index >= 15 is 0 Å². The molecule has 0 unspecified atom stereocenters. The average Bonchev–Trinajstić information content (AvgIpc) is 2.55. The van der Waals surface area contributed by atoms with Crippen molar-refractivity contribution in [2.24, 2.45) is 0 Å². The van der Waals surface area contributed by atoms with Gasteiger partial charge in [-0.3, -0.25) is 9.59 Å². The minimum absolute atomic E-state index is 0.0261. The summed E-state index contributed by atoms with van der Waals surface area (Å²) in [6.07, 6.45) is 4.45. The fourth-order valence-corrected chi connectivity index (χ4v) is 3.29. The third kappa shape index (κ3) is 4.22. The molecule has 0 N–H and O–H groups in total. The largest absolute Gasteiger partial charge is 0.342 e. The van der Waals surface area contributed by atoms with E-state index in [0.29, 0.717) is 18.8 Å². The zero-order valence-electron chi connectivity index (χ0n) is 13.2. The van der Waals surface area contributed by atoms with E-state index in [1.165, 1.54) is 11.8 Å². The van der Waals surface area contributed by atoms with Gasteiger partial charge >= 0.3 is 0 Å². The highest BCUT2D eigenvalue weighted by atomic mass is 32.2. The van der Waals surface area contributed by atoms with Crippen molar-refractivity contribution in [2.45, 2.75) is 37.3 Å². The number of unbranched alkanes of at least 4 members (excludes halogenated alkanes) is 1. The van der Waals surface area contributed by atoms with E-state index in [4.69, 9.17) is 0 Å². The molecular formula is C16H23N3O2S. The van der Waals surface area contributed by atoms with Crippen molar-refractivity contribution in [3.05, 3.63) is 24.4 Å². The number of rotatable bonds is 6. The molecule has 0 bridgehead atoms. The van der Waals surface area contributed by atoms with Gasteiger partial charge in [-0.2, -0.15) is 0 Å². The molecule has 0 spiro atoms. The Kier molecular flexibility index (Phi) is 6.24. The van der Waals surface area contributed by atoms with Crippen molar-refractivity contribution in [1.82, 2.24) is 14.8 Å². The molecule has 0 aromatic carbocycles. The van der Waals surface area contributed by atoms with E-state index < -0.39 is 0 Å². The molecule has 1 fully saturated rings. The number of aromatic nitrogens is 1. The van der Waals surface area contributed by atoms with Crippen LogP contribution in [0.1, 0.15) is 26.2 Å². The molecule has 6 heteroatoms. The van der Waals surface area contributed by atoms with Gasteiger partial charge < -0.3 is 9.80 Å². The van der Waals surface area contributed by atoms with Gasteiger partial charge in [-0.05, 0) is 18.6 Å². The lowest BCUT2D eigenvalue weighted by Gasteiger charge is -2.39. The number of amides is 2. The third-order valence-electron chi connectivity index (χ3n) is 3.85. The number of nitrogens with zero attached hydrogens (tertiary/aromatic N) is 3. The summed E-state index contributed by atoms with van der Waals surface area (Å²) in [5, 5.41) is 0.835. The molecule has 0 aliphatic carbocycles. The normalized spacial score (nSPS) is 18.6. The molecule has 1 aromatic rings. The van der Waals surface area contributed by atoms with Crippen LogP contribution in [0.3, 0.4) is 0 Å². The maximum atomic E-state index is 12.5. The van der Waals surface area contributed by atoms with Crippen LogP contribution in [0.2, 0.25) is 0 Å². The first-order valence-corrected chi connectivity index (χ1v) is 8.70. The first kappa shape index (κ1) is 16.8. The molecule has 0 saturated carbocycles. The number of carbonyl (C=O) groups excluding carboxylic acids is 2. The van der Waals surface area contributed by atoms with Gasteiger partial charge in [0.15, 0.2) is 0 Å². The van der Waals surface area contributed by atoms with Gasteiger partial charge in [0.1, 0.15) is 6.04 Å². The summed E-state index contributed by atoms with van der Waals surface area (Å²) < 4.78 is 0. The van der Waals surface area contributed by atoms with E-state index in [-0.39, 0.29) is 17.9 Å². The Bertz CT molecular complexity index is 509. The van der Waals surface area contributed by atoms with Crippen LogP contribution in [0.4, 0.5) is 0 Å². The molecule has 5 nitrogen and oxygen atoms in total. The van der Waals surface area contributed by atoms with Crippen LogP contribution in [0.5, 0.6) is 0 Å². The first-order valence-electron chi connectivity index (χ1n) is 7.71. The monoisotopic (exact) mass is 321 g/mol. The van der Waals surface area contributed by atoms with Gasteiger partial charge in [0.05, 0.1) is 10.8 Å². The molecule has 1 saturated heterocycles. The Morgan fingerprint density at radius 2 is 2.23 bits per heavy atom. The van der Waals surface area contributed by atoms with E-state index in [2.05, 4.69) is 11.9 Å². The number of piperazine rings is 1. The summed E-state index contributed by atoms with van der Waals surface area (Å²) in [4.78, 5) is 32.5. The lowest BCUT2D eigenvalue weighted by molar-refractivity contribution is -0.149. The van der Waals surface area contributed by atoms with Crippen LogP contribution in [0, 0.1) is 0 Å². The lowest BCUT2D eigenvalue weighted by Crippen LogP contribution is -2.57. The van der Waals surface area contributed by atoms with E-state index in [9.17, 15) is 9.59 Å².